The van der Waals surface area contributed by atoms with Crippen LogP contribution in [-0.2, 0) is 21.6 Å². The summed E-state index contributed by atoms with van der Waals surface area (Å²) >= 11 is 6.25. The van der Waals surface area contributed by atoms with Gasteiger partial charge in [0.25, 0.3) is 5.56 Å². The average molecular weight is 402 g/mol. The highest BCUT2D eigenvalue weighted by atomic mass is 35.5. The molecule has 0 unspecified atom stereocenters. The third-order valence-electron chi connectivity index (χ3n) is 4.60. The number of hydrogen-bond donors (Lipinski definition) is 0. The number of pyridine rings is 1. The van der Waals surface area contributed by atoms with E-state index in [0.717, 1.165) is 5.56 Å². The second-order valence-corrected chi connectivity index (χ2v) is 8.09. The molecule has 0 atom stereocenters. The molecule has 4 nitrogen and oxygen atoms in total. The van der Waals surface area contributed by atoms with E-state index in [1.807, 2.05) is 26.8 Å². The molecule has 28 heavy (non-hydrogen) atoms. The Hall–Kier alpha value is -2.66. The highest BCUT2D eigenvalue weighted by molar-refractivity contribution is 6.31. The van der Waals surface area contributed by atoms with Gasteiger partial charge in [-0.3, -0.25) is 14.2 Å². The lowest BCUT2D eigenvalue weighted by molar-refractivity contribution is -0.142. The van der Waals surface area contributed by atoms with Gasteiger partial charge in [-0.1, -0.05) is 44.5 Å². The van der Waals surface area contributed by atoms with Gasteiger partial charge in [-0.2, -0.15) is 0 Å². The highest BCUT2D eigenvalue weighted by Crippen LogP contribution is 2.28. The molecule has 0 aliphatic carbocycles. The quantitative estimate of drug-likeness (QED) is 0.570. The number of benzene rings is 2. The van der Waals surface area contributed by atoms with Gasteiger partial charge in [0, 0.05) is 23.7 Å². The van der Waals surface area contributed by atoms with Crippen molar-refractivity contribution in [3.63, 3.8) is 0 Å². The third kappa shape index (κ3) is 3.80. The fraction of sp³-hybridized carbons (Fsp3) is 0.273. The second-order valence-electron chi connectivity index (χ2n) is 7.68. The molecule has 0 radical (unpaired) electrons. The van der Waals surface area contributed by atoms with E-state index >= 15 is 0 Å². The number of rotatable bonds is 3. The number of esters is 1. The second kappa shape index (κ2) is 7.40. The van der Waals surface area contributed by atoms with Gasteiger partial charge < -0.3 is 4.74 Å². The smallest absolute Gasteiger partial charge is 0.302 e. The number of ether oxygens (including phenoxy) is 1. The van der Waals surface area contributed by atoms with Crippen molar-refractivity contribution >= 4 is 28.3 Å². The maximum absolute atomic E-state index is 14.9. The van der Waals surface area contributed by atoms with E-state index in [1.54, 1.807) is 30.5 Å². The molecule has 2 aromatic carbocycles. The van der Waals surface area contributed by atoms with Crippen LogP contribution in [0.25, 0.3) is 16.5 Å². The minimum atomic E-state index is -0.565. The van der Waals surface area contributed by atoms with Crippen LogP contribution >= 0.6 is 11.6 Å². The minimum absolute atomic E-state index is 0.00825. The topological polar surface area (TPSA) is 48.3 Å². The summed E-state index contributed by atoms with van der Waals surface area (Å²) in [5.74, 6) is -1.03. The molecule has 0 saturated heterocycles. The maximum Gasteiger partial charge on any atom is 0.302 e. The van der Waals surface area contributed by atoms with E-state index < -0.39 is 17.3 Å². The predicted octanol–water partition coefficient (Wildman–Crippen LogP) is 5.14. The van der Waals surface area contributed by atoms with Gasteiger partial charge >= 0.3 is 5.97 Å². The number of hydrogen-bond acceptors (Lipinski definition) is 3. The van der Waals surface area contributed by atoms with Crippen molar-refractivity contribution in [1.29, 1.82) is 0 Å². The molecular weight excluding hydrogens is 381 g/mol. The first-order valence-electron chi connectivity index (χ1n) is 8.86. The number of nitrogens with zero attached hydrogens (tertiary/aromatic N) is 1. The van der Waals surface area contributed by atoms with Gasteiger partial charge in [-0.15, -0.1) is 0 Å². The summed E-state index contributed by atoms with van der Waals surface area (Å²) in [5, 5.41) is 0.901. The van der Waals surface area contributed by atoms with Crippen LogP contribution in [0.3, 0.4) is 0 Å². The summed E-state index contributed by atoms with van der Waals surface area (Å²) < 4.78 is 21.2. The van der Waals surface area contributed by atoms with E-state index in [2.05, 4.69) is 0 Å². The van der Waals surface area contributed by atoms with E-state index in [1.165, 1.54) is 17.6 Å². The van der Waals surface area contributed by atoms with E-state index in [9.17, 15) is 14.0 Å². The summed E-state index contributed by atoms with van der Waals surface area (Å²) in [4.78, 5) is 24.3. The molecule has 6 heteroatoms. The van der Waals surface area contributed by atoms with E-state index in [-0.39, 0.29) is 17.4 Å². The number of halogens is 2. The predicted molar refractivity (Wildman–Crippen MR) is 109 cm³/mol. The molecule has 0 aliphatic heterocycles. The van der Waals surface area contributed by atoms with Gasteiger partial charge in [0.1, 0.15) is 12.4 Å². The van der Waals surface area contributed by atoms with Crippen LogP contribution in [0, 0.1) is 5.82 Å². The summed E-state index contributed by atoms with van der Waals surface area (Å²) in [5.41, 5.74) is 0.996. The lowest BCUT2D eigenvalue weighted by Crippen LogP contribution is -2.21. The van der Waals surface area contributed by atoms with Crippen LogP contribution in [0.15, 0.2) is 47.4 Å². The number of carbonyl (C=O) groups is 1. The summed E-state index contributed by atoms with van der Waals surface area (Å²) in [7, 11) is 0. The van der Waals surface area contributed by atoms with Crippen LogP contribution < -0.4 is 5.56 Å². The van der Waals surface area contributed by atoms with Crippen LogP contribution in [0.1, 0.15) is 38.8 Å². The molecule has 1 aromatic heterocycles. The Morgan fingerprint density at radius 3 is 2.57 bits per heavy atom. The van der Waals surface area contributed by atoms with Gasteiger partial charge in [-0.25, -0.2) is 4.39 Å². The van der Waals surface area contributed by atoms with Crippen LogP contribution in [-0.4, -0.2) is 10.5 Å². The van der Waals surface area contributed by atoms with Gasteiger partial charge in [0.2, 0.25) is 0 Å². The van der Waals surface area contributed by atoms with Crippen molar-refractivity contribution < 1.29 is 13.9 Å². The monoisotopic (exact) mass is 401 g/mol. The number of aromatic nitrogens is 1. The number of carbonyl (C=O) groups excluding carboxylic acids is 1. The molecule has 3 aromatic rings. The molecule has 146 valence electrons. The van der Waals surface area contributed by atoms with Crippen molar-refractivity contribution in [2.45, 2.75) is 39.7 Å². The van der Waals surface area contributed by atoms with Crippen molar-refractivity contribution in [3.8, 4) is 5.69 Å². The first kappa shape index (κ1) is 20.1. The summed E-state index contributed by atoms with van der Waals surface area (Å²) in [6.07, 6.45) is 1.58. The first-order chi connectivity index (χ1) is 13.1. The van der Waals surface area contributed by atoms with Gasteiger partial charge in [-0.05, 0) is 40.6 Å². The molecule has 0 bridgehead atoms. The summed E-state index contributed by atoms with van der Waals surface area (Å²) in [6.45, 7) is 7.17. The van der Waals surface area contributed by atoms with Gasteiger partial charge in [0.15, 0.2) is 0 Å². The Bertz CT molecular complexity index is 1130. The van der Waals surface area contributed by atoms with Crippen LogP contribution in [0.4, 0.5) is 4.39 Å². The largest absolute Gasteiger partial charge is 0.461 e. The molecule has 3 rings (SSSR count). The molecule has 1 heterocycles. The third-order valence-corrected chi connectivity index (χ3v) is 4.95. The summed E-state index contributed by atoms with van der Waals surface area (Å²) in [6, 6.07) is 9.95. The van der Waals surface area contributed by atoms with Crippen molar-refractivity contribution in [1.82, 2.24) is 4.57 Å². The Morgan fingerprint density at radius 2 is 1.93 bits per heavy atom. The minimum Gasteiger partial charge on any atom is -0.461 e. The van der Waals surface area contributed by atoms with Gasteiger partial charge in [0.05, 0.1) is 11.1 Å². The normalized spacial score (nSPS) is 11.6. The Morgan fingerprint density at radius 1 is 1.21 bits per heavy atom. The molecule has 0 saturated carbocycles. The Kier molecular flexibility index (Phi) is 5.31. The fourth-order valence-corrected chi connectivity index (χ4v) is 3.26. The van der Waals surface area contributed by atoms with Crippen LogP contribution in [0.5, 0.6) is 0 Å². The Labute approximate surface area is 167 Å². The van der Waals surface area contributed by atoms with Crippen LogP contribution in [0.2, 0.25) is 5.02 Å². The van der Waals surface area contributed by atoms with E-state index in [4.69, 9.17) is 16.3 Å². The zero-order valence-electron chi connectivity index (χ0n) is 16.2. The zero-order valence-corrected chi connectivity index (χ0v) is 16.9. The van der Waals surface area contributed by atoms with Crippen molar-refractivity contribution in [2.75, 3.05) is 0 Å². The fourth-order valence-electron chi connectivity index (χ4n) is 3.04. The zero-order chi connectivity index (χ0) is 20.6. The van der Waals surface area contributed by atoms with Crippen molar-refractivity contribution in [3.05, 3.63) is 74.9 Å². The molecular formula is C22H21ClFNO3. The Balaban J connectivity index is 2.23. The molecule has 0 aliphatic rings. The lowest BCUT2D eigenvalue weighted by Gasteiger charge is -2.20. The highest BCUT2D eigenvalue weighted by Gasteiger charge is 2.19. The molecule has 0 amide bonds. The number of fused-ring (bicyclic) bond motifs is 1. The maximum atomic E-state index is 14.9. The first-order valence-corrected chi connectivity index (χ1v) is 9.24. The molecule has 0 N–H and O–H groups in total. The SMILES string of the molecule is CC(=O)OCc1c(Cl)cccc1-n1ccc2cc(C(C)(C)C)cc(F)c2c1=O. The standard InChI is InChI=1S/C22H21ClFNO3/c1-13(26)28-12-16-17(23)6-5-7-19(16)25-9-8-14-10-15(22(2,3)4)11-18(24)20(14)21(25)27/h5-11H,12H2,1-4H3. The average Bonchev–Trinajstić information content (AvgIpc) is 2.59. The molecule has 0 spiro atoms. The molecule has 0 fully saturated rings. The lowest BCUT2D eigenvalue weighted by atomic mass is 9.86. The van der Waals surface area contributed by atoms with E-state index in [0.29, 0.717) is 21.7 Å². The van der Waals surface area contributed by atoms with Crippen molar-refractivity contribution in [2.24, 2.45) is 0 Å².